The number of hydrogen-bond acceptors (Lipinski definition) is 5. The van der Waals surface area contributed by atoms with Crippen molar-refractivity contribution in [1.29, 1.82) is 0 Å². The van der Waals surface area contributed by atoms with Crippen LogP contribution in [0.5, 0.6) is 0 Å². The molecule has 2 heterocycles. The van der Waals surface area contributed by atoms with Crippen molar-refractivity contribution in [2.75, 3.05) is 44.2 Å². The third-order valence-electron chi connectivity index (χ3n) is 4.19. The minimum absolute atomic E-state index is 0.642. The molecule has 1 aromatic carbocycles. The van der Waals surface area contributed by atoms with Crippen molar-refractivity contribution >= 4 is 11.6 Å². The number of hydrogen-bond donors (Lipinski definition) is 1. The Bertz CT molecular complexity index is 676. The van der Waals surface area contributed by atoms with E-state index in [9.17, 15) is 0 Å². The Morgan fingerprint density at radius 1 is 1.20 bits per heavy atom. The van der Waals surface area contributed by atoms with Crippen LogP contribution in [0.3, 0.4) is 0 Å². The number of piperazine rings is 1. The van der Waals surface area contributed by atoms with E-state index in [2.05, 4.69) is 62.5 Å². The molecule has 1 aromatic heterocycles. The summed E-state index contributed by atoms with van der Waals surface area (Å²) in [6, 6.07) is 10.6. The van der Waals surface area contributed by atoms with Gasteiger partial charge in [0.2, 0.25) is 5.89 Å². The smallest absolute Gasteiger partial charge is 0.228 e. The number of benzene rings is 1. The van der Waals surface area contributed by atoms with E-state index in [1.165, 1.54) is 5.69 Å². The summed E-state index contributed by atoms with van der Waals surface area (Å²) < 4.78 is 5.14. The van der Waals surface area contributed by atoms with E-state index in [1.54, 1.807) is 0 Å². The van der Waals surface area contributed by atoms with Crippen molar-refractivity contribution in [1.82, 2.24) is 20.4 Å². The Morgan fingerprint density at radius 2 is 1.96 bits per heavy atom. The van der Waals surface area contributed by atoms with E-state index in [0.717, 1.165) is 38.7 Å². The van der Waals surface area contributed by atoms with Gasteiger partial charge in [-0.25, -0.2) is 0 Å². The molecule has 1 saturated heterocycles. The van der Waals surface area contributed by atoms with Crippen LogP contribution in [0.15, 0.2) is 39.8 Å². The average molecular weight is 342 g/mol. The van der Waals surface area contributed by atoms with Crippen molar-refractivity contribution < 1.29 is 4.52 Å². The molecule has 1 fully saturated rings. The van der Waals surface area contributed by atoms with Crippen molar-refractivity contribution in [3.8, 4) is 0 Å². The Hall–Kier alpha value is -2.57. The van der Waals surface area contributed by atoms with Gasteiger partial charge >= 0.3 is 0 Å². The fourth-order valence-corrected chi connectivity index (χ4v) is 2.94. The molecular weight excluding hydrogens is 316 g/mol. The Kier molecular flexibility index (Phi) is 5.87. The van der Waals surface area contributed by atoms with Crippen molar-refractivity contribution in [3.63, 3.8) is 0 Å². The molecular formula is C18H26N6O. The predicted molar refractivity (Wildman–Crippen MR) is 98.9 cm³/mol. The predicted octanol–water partition coefficient (Wildman–Crippen LogP) is 1.71. The van der Waals surface area contributed by atoms with Gasteiger partial charge in [0, 0.05) is 44.8 Å². The van der Waals surface area contributed by atoms with Gasteiger partial charge in [-0.15, -0.1) is 0 Å². The van der Waals surface area contributed by atoms with Crippen LogP contribution >= 0.6 is 0 Å². The number of para-hydroxylation sites is 1. The first-order valence-corrected chi connectivity index (χ1v) is 8.88. The van der Waals surface area contributed by atoms with Crippen molar-refractivity contribution in [2.45, 2.75) is 20.3 Å². The highest BCUT2D eigenvalue weighted by molar-refractivity contribution is 5.80. The molecule has 1 aliphatic rings. The van der Waals surface area contributed by atoms with Gasteiger partial charge in [0.05, 0.1) is 6.54 Å². The number of aromatic nitrogens is 2. The maximum Gasteiger partial charge on any atom is 0.228 e. The van der Waals surface area contributed by atoms with Crippen LogP contribution in [-0.4, -0.2) is 60.3 Å². The van der Waals surface area contributed by atoms with Crippen LogP contribution in [0.2, 0.25) is 0 Å². The normalized spacial score (nSPS) is 15.5. The highest BCUT2D eigenvalue weighted by atomic mass is 16.5. The zero-order valence-electron chi connectivity index (χ0n) is 15.0. The molecule has 3 rings (SSSR count). The second-order valence-electron chi connectivity index (χ2n) is 6.03. The lowest BCUT2D eigenvalue weighted by atomic mass is 10.2. The molecule has 0 aliphatic carbocycles. The minimum Gasteiger partial charge on any atom is -0.368 e. The number of aliphatic imine (C=N–C) groups is 1. The molecule has 7 heteroatoms. The standard InChI is InChI=1S/C18H26N6O/c1-3-19-18(20-10-9-17-21-15(2)22-25-17)24-13-11-23(12-14-24)16-7-5-4-6-8-16/h4-8H,3,9-14H2,1-2H3,(H,19,20). The lowest BCUT2D eigenvalue weighted by Gasteiger charge is -2.37. The van der Waals surface area contributed by atoms with Gasteiger partial charge in [0.15, 0.2) is 11.8 Å². The molecule has 0 saturated carbocycles. The summed E-state index contributed by atoms with van der Waals surface area (Å²) >= 11 is 0. The number of nitrogens with one attached hydrogen (secondary N) is 1. The minimum atomic E-state index is 0.642. The first-order chi connectivity index (χ1) is 12.3. The van der Waals surface area contributed by atoms with Crippen LogP contribution in [0.1, 0.15) is 18.6 Å². The summed E-state index contributed by atoms with van der Waals surface area (Å²) in [6.07, 6.45) is 0.666. The molecule has 2 aromatic rings. The van der Waals surface area contributed by atoms with Gasteiger partial charge in [-0.1, -0.05) is 23.4 Å². The van der Waals surface area contributed by atoms with E-state index in [0.29, 0.717) is 24.7 Å². The lowest BCUT2D eigenvalue weighted by Crippen LogP contribution is -2.52. The van der Waals surface area contributed by atoms with Crippen LogP contribution < -0.4 is 10.2 Å². The SMILES string of the molecule is CCNC(=NCCc1nc(C)no1)N1CCN(c2ccccc2)CC1. The van der Waals surface area contributed by atoms with Gasteiger partial charge in [0.1, 0.15) is 0 Å². The van der Waals surface area contributed by atoms with Crippen molar-refractivity contribution in [3.05, 3.63) is 42.0 Å². The van der Waals surface area contributed by atoms with Crippen molar-refractivity contribution in [2.24, 2.45) is 4.99 Å². The van der Waals surface area contributed by atoms with Gasteiger partial charge in [0.25, 0.3) is 0 Å². The van der Waals surface area contributed by atoms with Gasteiger partial charge in [-0.2, -0.15) is 4.98 Å². The summed E-state index contributed by atoms with van der Waals surface area (Å²) in [7, 11) is 0. The molecule has 0 radical (unpaired) electrons. The molecule has 0 amide bonds. The monoisotopic (exact) mass is 342 g/mol. The summed E-state index contributed by atoms with van der Waals surface area (Å²) in [5, 5.41) is 7.20. The summed E-state index contributed by atoms with van der Waals surface area (Å²) in [6.45, 7) is 9.33. The summed E-state index contributed by atoms with van der Waals surface area (Å²) in [5.41, 5.74) is 1.29. The van der Waals surface area contributed by atoms with Gasteiger partial charge < -0.3 is 19.6 Å². The van der Waals surface area contributed by atoms with Gasteiger partial charge in [-0.3, -0.25) is 4.99 Å². The third-order valence-corrected chi connectivity index (χ3v) is 4.19. The van der Waals surface area contributed by atoms with E-state index in [4.69, 9.17) is 9.52 Å². The van der Waals surface area contributed by atoms with E-state index in [1.807, 2.05) is 6.92 Å². The van der Waals surface area contributed by atoms with Crippen LogP contribution in [-0.2, 0) is 6.42 Å². The van der Waals surface area contributed by atoms with E-state index in [-0.39, 0.29) is 0 Å². The lowest BCUT2D eigenvalue weighted by molar-refractivity contribution is 0.368. The quantitative estimate of drug-likeness (QED) is 0.659. The molecule has 0 unspecified atom stereocenters. The zero-order valence-corrected chi connectivity index (χ0v) is 15.0. The number of rotatable bonds is 5. The average Bonchev–Trinajstić information content (AvgIpc) is 3.07. The first-order valence-electron chi connectivity index (χ1n) is 8.88. The Morgan fingerprint density at radius 3 is 2.60 bits per heavy atom. The van der Waals surface area contributed by atoms with Crippen LogP contribution in [0, 0.1) is 6.92 Å². The number of anilines is 1. The number of aryl methyl sites for hydroxylation is 1. The second-order valence-corrected chi connectivity index (χ2v) is 6.03. The van der Waals surface area contributed by atoms with E-state index < -0.39 is 0 Å². The molecule has 25 heavy (non-hydrogen) atoms. The fourth-order valence-electron chi connectivity index (χ4n) is 2.94. The maximum atomic E-state index is 5.14. The Labute approximate surface area is 148 Å². The second kappa shape index (κ2) is 8.50. The Balaban J connectivity index is 1.55. The number of nitrogens with zero attached hydrogens (tertiary/aromatic N) is 5. The van der Waals surface area contributed by atoms with E-state index >= 15 is 0 Å². The summed E-state index contributed by atoms with van der Waals surface area (Å²) in [4.78, 5) is 13.7. The zero-order chi connectivity index (χ0) is 17.5. The van der Waals surface area contributed by atoms with Crippen LogP contribution in [0.4, 0.5) is 5.69 Å². The molecule has 134 valence electrons. The molecule has 0 bridgehead atoms. The maximum absolute atomic E-state index is 5.14. The fraction of sp³-hybridized carbons (Fsp3) is 0.500. The molecule has 1 aliphatic heterocycles. The summed E-state index contributed by atoms with van der Waals surface area (Å²) in [5.74, 6) is 2.28. The first kappa shape index (κ1) is 17.3. The molecule has 0 spiro atoms. The molecule has 0 atom stereocenters. The van der Waals surface area contributed by atoms with Crippen LogP contribution in [0.25, 0.3) is 0 Å². The molecule has 7 nitrogen and oxygen atoms in total. The molecule has 1 N–H and O–H groups in total. The number of guanidine groups is 1. The highest BCUT2D eigenvalue weighted by Crippen LogP contribution is 2.15. The highest BCUT2D eigenvalue weighted by Gasteiger charge is 2.19. The van der Waals surface area contributed by atoms with Gasteiger partial charge in [-0.05, 0) is 26.0 Å². The largest absolute Gasteiger partial charge is 0.368 e. The third kappa shape index (κ3) is 4.71. The topological polar surface area (TPSA) is 69.8 Å².